The van der Waals surface area contributed by atoms with E-state index >= 15 is 0 Å². The molecule has 3 N–H and O–H groups in total. The van der Waals surface area contributed by atoms with Crippen LogP contribution >= 0.6 is 15.9 Å². The maximum absolute atomic E-state index is 13.5. The summed E-state index contributed by atoms with van der Waals surface area (Å²) in [6.07, 6.45) is 12.5. The van der Waals surface area contributed by atoms with E-state index in [1.54, 1.807) is 18.5 Å². The van der Waals surface area contributed by atoms with Gasteiger partial charge in [0, 0.05) is 62.2 Å². The lowest BCUT2D eigenvalue weighted by molar-refractivity contribution is -0.135. The number of morpholine rings is 1. The maximum atomic E-state index is 13.5. The molecule has 3 fully saturated rings. The molecule has 312 valence electrons. The number of likely N-dealkylation sites (tertiary alicyclic amines) is 1. The highest BCUT2D eigenvalue weighted by atomic mass is 79.9. The van der Waals surface area contributed by atoms with Gasteiger partial charge in [0.1, 0.15) is 11.4 Å². The SMILES string of the molecule is O=C1COc2c(CCNCCN(C(=O)CCOCCc3cccc(CN4CCC5(CC4)CN(C(=O)c4cncc(Br)c4)CCO5)c3)C3CCCCC3)ccc(O)c2N1. The van der Waals surface area contributed by atoms with Crippen LogP contribution in [-0.2, 0) is 38.4 Å². The molecule has 13 nitrogen and oxygen atoms in total. The number of aromatic hydroxyl groups is 1. The largest absolute Gasteiger partial charge is 0.506 e. The second kappa shape index (κ2) is 20.3. The van der Waals surface area contributed by atoms with Crippen LogP contribution in [0.15, 0.2) is 59.3 Å². The van der Waals surface area contributed by atoms with Gasteiger partial charge in [0.05, 0.1) is 44.0 Å². The summed E-state index contributed by atoms with van der Waals surface area (Å²) in [7, 11) is 0. The lowest BCUT2D eigenvalue weighted by Crippen LogP contribution is -2.57. The summed E-state index contributed by atoms with van der Waals surface area (Å²) in [5, 5.41) is 16.3. The van der Waals surface area contributed by atoms with Crippen molar-refractivity contribution < 1.29 is 33.7 Å². The van der Waals surface area contributed by atoms with E-state index in [4.69, 9.17) is 14.2 Å². The molecule has 3 amide bonds. The summed E-state index contributed by atoms with van der Waals surface area (Å²) in [6, 6.07) is 14.2. The Kier molecular flexibility index (Phi) is 14.7. The summed E-state index contributed by atoms with van der Waals surface area (Å²) >= 11 is 3.43. The van der Waals surface area contributed by atoms with Gasteiger partial charge in [-0.05, 0) is 89.8 Å². The maximum Gasteiger partial charge on any atom is 0.262 e. The van der Waals surface area contributed by atoms with Crippen molar-refractivity contribution in [3.8, 4) is 11.5 Å². The quantitative estimate of drug-likeness (QED) is 0.128. The molecule has 0 atom stereocenters. The molecule has 4 aliphatic rings. The number of phenols is 1. The number of nitrogens with zero attached hydrogens (tertiary/aromatic N) is 4. The van der Waals surface area contributed by atoms with Gasteiger partial charge in [-0.25, -0.2) is 0 Å². The van der Waals surface area contributed by atoms with Gasteiger partial charge in [-0.1, -0.05) is 49.6 Å². The molecule has 2 saturated heterocycles. The molecule has 0 radical (unpaired) electrons. The van der Waals surface area contributed by atoms with Crippen molar-refractivity contribution in [3.05, 3.63) is 81.6 Å². The predicted octanol–water partition coefficient (Wildman–Crippen LogP) is 5.33. The minimum Gasteiger partial charge on any atom is -0.506 e. The zero-order valence-corrected chi connectivity index (χ0v) is 35.0. The highest BCUT2D eigenvalue weighted by Crippen LogP contribution is 2.39. The van der Waals surface area contributed by atoms with E-state index in [-0.39, 0.29) is 41.7 Å². The Morgan fingerprint density at radius 2 is 1.84 bits per heavy atom. The smallest absolute Gasteiger partial charge is 0.262 e. The number of halogens is 1. The topological polar surface area (TPSA) is 146 Å². The molecule has 0 bridgehead atoms. The fourth-order valence-corrected chi connectivity index (χ4v) is 9.11. The van der Waals surface area contributed by atoms with Gasteiger partial charge in [-0.15, -0.1) is 0 Å². The number of anilines is 1. The van der Waals surface area contributed by atoms with Crippen molar-refractivity contribution in [2.24, 2.45) is 0 Å². The second-order valence-corrected chi connectivity index (χ2v) is 16.9. The molecule has 58 heavy (non-hydrogen) atoms. The third kappa shape index (κ3) is 11.1. The molecule has 1 aromatic heterocycles. The third-order valence-corrected chi connectivity index (χ3v) is 12.3. The number of nitrogens with one attached hydrogen (secondary N) is 2. The molecule has 7 rings (SSSR count). The molecule has 3 aliphatic heterocycles. The van der Waals surface area contributed by atoms with Gasteiger partial charge in [0.2, 0.25) is 5.91 Å². The van der Waals surface area contributed by atoms with E-state index < -0.39 is 0 Å². The van der Waals surface area contributed by atoms with E-state index in [2.05, 4.69) is 65.6 Å². The minimum absolute atomic E-state index is 0.00542. The van der Waals surface area contributed by atoms with Crippen molar-refractivity contribution in [1.29, 1.82) is 0 Å². The van der Waals surface area contributed by atoms with Crippen molar-refractivity contribution in [2.75, 3.05) is 77.6 Å². The van der Waals surface area contributed by atoms with Crippen LogP contribution in [0.1, 0.15) is 78.4 Å². The molecule has 14 heteroatoms. The molecular weight excluding hydrogens is 804 g/mol. The van der Waals surface area contributed by atoms with Gasteiger partial charge in [-0.3, -0.25) is 24.3 Å². The first-order valence-electron chi connectivity index (χ1n) is 20.9. The number of benzene rings is 2. The molecular formula is C44H57BrN6O7. The summed E-state index contributed by atoms with van der Waals surface area (Å²) < 4.78 is 18.8. The molecule has 1 aliphatic carbocycles. The number of piperidine rings is 1. The number of pyridine rings is 1. The van der Waals surface area contributed by atoms with Gasteiger partial charge in [0.15, 0.2) is 12.4 Å². The van der Waals surface area contributed by atoms with Crippen molar-refractivity contribution >= 4 is 39.3 Å². The van der Waals surface area contributed by atoms with Crippen LogP contribution in [0.5, 0.6) is 11.5 Å². The van der Waals surface area contributed by atoms with Gasteiger partial charge < -0.3 is 39.8 Å². The van der Waals surface area contributed by atoms with E-state index in [0.29, 0.717) is 82.4 Å². The number of rotatable bonds is 16. The van der Waals surface area contributed by atoms with Gasteiger partial charge in [-0.2, -0.15) is 0 Å². The fourth-order valence-electron chi connectivity index (χ4n) is 8.75. The number of hydrogen-bond donors (Lipinski definition) is 3. The molecule has 3 aromatic rings. The van der Waals surface area contributed by atoms with E-state index in [9.17, 15) is 19.5 Å². The normalized spacial score (nSPS) is 18.4. The predicted molar refractivity (Wildman–Crippen MR) is 224 cm³/mol. The van der Waals surface area contributed by atoms with Crippen LogP contribution in [-0.4, -0.2) is 126 Å². The first-order valence-corrected chi connectivity index (χ1v) is 21.7. The van der Waals surface area contributed by atoms with Crippen LogP contribution in [0.2, 0.25) is 0 Å². The number of fused-ring (bicyclic) bond motifs is 1. The number of carbonyl (C=O) groups is 3. The monoisotopic (exact) mass is 860 g/mol. The Labute approximate surface area is 349 Å². The van der Waals surface area contributed by atoms with Crippen LogP contribution in [0.3, 0.4) is 0 Å². The molecule has 1 spiro atoms. The Balaban J connectivity index is 0.812. The third-order valence-electron chi connectivity index (χ3n) is 11.9. The first-order chi connectivity index (χ1) is 28.2. The van der Waals surface area contributed by atoms with Gasteiger partial charge >= 0.3 is 0 Å². The molecule has 2 aromatic carbocycles. The number of amides is 3. The van der Waals surface area contributed by atoms with Crippen LogP contribution in [0.4, 0.5) is 5.69 Å². The Morgan fingerprint density at radius 3 is 2.67 bits per heavy atom. The van der Waals surface area contributed by atoms with E-state index in [1.807, 2.05) is 17.0 Å². The second-order valence-electron chi connectivity index (χ2n) is 16.0. The summed E-state index contributed by atoms with van der Waals surface area (Å²) in [5.41, 5.74) is 4.03. The number of aromatic nitrogens is 1. The average Bonchev–Trinajstić information content (AvgIpc) is 3.24. The molecule has 0 unspecified atom stereocenters. The summed E-state index contributed by atoms with van der Waals surface area (Å²) in [6.45, 7) is 7.32. The van der Waals surface area contributed by atoms with E-state index in [1.165, 1.54) is 17.5 Å². The zero-order chi connectivity index (χ0) is 40.3. The Bertz CT molecular complexity index is 1880. The van der Waals surface area contributed by atoms with Crippen molar-refractivity contribution in [3.63, 3.8) is 0 Å². The number of phenolic OH excluding ortho intramolecular Hbond substituents is 1. The van der Waals surface area contributed by atoms with E-state index in [0.717, 1.165) is 74.6 Å². The van der Waals surface area contributed by atoms with Crippen molar-refractivity contribution in [1.82, 2.24) is 25.0 Å². The fraction of sp³-hybridized carbons (Fsp3) is 0.545. The van der Waals surface area contributed by atoms with Gasteiger partial charge in [0.25, 0.3) is 11.8 Å². The number of hydrogen-bond acceptors (Lipinski definition) is 10. The molecule has 1 saturated carbocycles. The van der Waals surface area contributed by atoms with Crippen LogP contribution in [0, 0.1) is 0 Å². The average molecular weight is 862 g/mol. The number of ether oxygens (including phenoxy) is 3. The van der Waals surface area contributed by atoms with Crippen LogP contribution < -0.4 is 15.4 Å². The molecule has 4 heterocycles. The standard InChI is InChI=1S/C44H57BrN6O7/c45-36-26-35(27-47-28-36)43(55)50-21-24-58-44(31-50)14-18-49(19-15-44)29-33-6-4-5-32(25-33)12-22-56-23-13-40(54)51(37-7-2-1-3-8-37)20-17-46-16-11-34-9-10-38(52)41-42(34)57-30-39(53)48-41/h4-6,9-10,25-28,37,46,52H,1-3,7-8,11-24,29-31H2,(H,48,53). The minimum atomic E-state index is -0.302. The lowest BCUT2D eigenvalue weighted by Gasteiger charge is -2.47. The number of carbonyl (C=O) groups excluding carboxylic acids is 3. The summed E-state index contributed by atoms with van der Waals surface area (Å²) in [5.74, 6) is 0.390. The Hall–Kier alpha value is -4.08. The zero-order valence-electron chi connectivity index (χ0n) is 33.4. The summed E-state index contributed by atoms with van der Waals surface area (Å²) in [4.78, 5) is 49.1. The van der Waals surface area contributed by atoms with Crippen molar-refractivity contribution in [2.45, 2.75) is 82.4 Å². The first kappa shape index (κ1) is 42.1. The highest BCUT2D eigenvalue weighted by molar-refractivity contribution is 9.10. The highest BCUT2D eigenvalue weighted by Gasteiger charge is 2.41. The Morgan fingerprint density at radius 1 is 1.02 bits per heavy atom. The lowest BCUT2D eigenvalue weighted by atomic mass is 9.89. The van der Waals surface area contributed by atoms with Crippen LogP contribution in [0.25, 0.3) is 0 Å².